The number of likely N-dealkylation sites (N-methyl/N-ethyl adjacent to an activating group) is 1. The third-order valence-electron chi connectivity index (χ3n) is 3.78. The number of carbonyl (C=O) groups excluding carboxylic acids is 2. The summed E-state index contributed by atoms with van der Waals surface area (Å²) in [5.41, 5.74) is 2.81. The number of nitrogens with one attached hydrogen (secondary N) is 3. The number of carbonyl (C=O) groups is 2. The van der Waals surface area contributed by atoms with E-state index in [1.165, 1.54) is 0 Å². The van der Waals surface area contributed by atoms with Crippen molar-refractivity contribution < 1.29 is 14.5 Å². The second-order valence-electron chi connectivity index (χ2n) is 6.12. The van der Waals surface area contributed by atoms with Crippen LogP contribution in [0, 0.1) is 0 Å². The van der Waals surface area contributed by atoms with Crippen LogP contribution in [-0.4, -0.2) is 38.5 Å². The maximum atomic E-state index is 12.3. The molecule has 0 aliphatic heterocycles. The van der Waals surface area contributed by atoms with E-state index in [2.05, 4.69) is 10.6 Å². The normalized spacial score (nSPS) is 11.6. The number of hydrogen-bond donors (Lipinski definition) is 3. The van der Waals surface area contributed by atoms with E-state index >= 15 is 0 Å². The van der Waals surface area contributed by atoms with Gasteiger partial charge in [0.2, 0.25) is 0 Å². The molecule has 0 aromatic heterocycles. The van der Waals surface area contributed by atoms with E-state index in [1.54, 1.807) is 0 Å². The minimum absolute atomic E-state index is 0.0307. The van der Waals surface area contributed by atoms with Gasteiger partial charge in [0.25, 0.3) is 11.8 Å². The van der Waals surface area contributed by atoms with Crippen LogP contribution in [0.5, 0.6) is 0 Å². The third kappa shape index (κ3) is 6.04. The fourth-order valence-electron chi connectivity index (χ4n) is 2.59. The summed E-state index contributed by atoms with van der Waals surface area (Å²) in [5.74, 6) is -0.138. The lowest BCUT2D eigenvalue weighted by Crippen LogP contribution is -3.11. The molecular weight excluding hydrogens is 314 g/mol. The molecule has 2 amide bonds. The van der Waals surface area contributed by atoms with Crippen LogP contribution in [0.4, 0.5) is 5.69 Å². The molecule has 0 saturated carbocycles. The highest BCUT2D eigenvalue weighted by Gasteiger charge is 2.15. The summed E-state index contributed by atoms with van der Waals surface area (Å²) in [6.07, 6.45) is 0.904. The minimum Gasteiger partial charge on any atom is -0.351 e. The van der Waals surface area contributed by atoms with Crippen LogP contribution in [-0.2, 0) is 9.59 Å². The lowest BCUT2D eigenvalue weighted by molar-refractivity contribution is -0.862. The molecule has 0 saturated heterocycles. The van der Waals surface area contributed by atoms with Gasteiger partial charge in [-0.3, -0.25) is 9.59 Å². The quantitative estimate of drug-likeness (QED) is 0.679. The molecule has 0 aliphatic rings. The number of quaternary nitrogens is 1. The lowest BCUT2D eigenvalue weighted by Gasteiger charge is -2.15. The second kappa shape index (κ2) is 9.59. The predicted octanol–water partition coefficient (Wildman–Crippen LogP) is 1.33. The lowest BCUT2D eigenvalue weighted by atomic mass is 10.0. The summed E-state index contributed by atoms with van der Waals surface area (Å²) >= 11 is 0. The highest BCUT2D eigenvalue weighted by atomic mass is 16.2. The molecule has 5 heteroatoms. The molecule has 3 N–H and O–H groups in total. The minimum atomic E-state index is -0.107. The van der Waals surface area contributed by atoms with Crippen LogP contribution in [0.25, 0.3) is 11.1 Å². The van der Waals surface area contributed by atoms with E-state index < -0.39 is 0 Å². The Morgan fingerprint density at radius 2 is 1.56 bits per heavy atom. The van der Waals surface area contributed by atoms with E-state index in [-0.39, 0.29) is 24.9 Å². The molecule has 2 aromatic carbocycles. The maximum Gasteiger partial charge on any atom is 0.279 e. The van der Waals surface area contributed by atoms with Crippen molar-refractivity contribution >= 4 is 17.5 Å². The molecular formula is C20H26N3O2+. The molecule has 5 nitrogen and oxygen atoms in total. The fraction of sp³-hybridized carbons (Fsp3) is 0.300. The topological polar surface area (TPSA) is 62.6 Å². The van der Waals surface area contributed by atoms with Gasteiger partial charge in [-0.2, -0.15) is 0 Å². The Bertz CT molecular complexity index is 701. The van der Waals surface area contributed by atoms with Gasteiger partial charge in [0.05, 0.1) is 7.05 Å². The summed E-state index contributed by atoms with van der Waals surface area (Å²) in [4.78, 5) is 24.9. The van der Waals surface area contributed by atoms with Crippen LogP contribution < -0.4 is 15.5 Å². The number of hydrogen-bond acceptors (Lipinski definition) is 2. The van der Waals surface area contributed by atoms with Crippen molar-refractivity contribution in [1.29, 1.82) is 0 Å². The molecule has 1 unspecified atom stereocenters. The predicted molar refractivity (Wildman–Crippen MR) is 100 cm³/mol. The van der Waals surface area contributed by atoms with Crippen LogP contribution in [0.3, 0.4) is 0 Å². The van der Waals surface area contributed by atoms with E-state index in [0.717, 1.165) is 28.1 Å². The molecule has 132 valence electrons. The summed E-state index contributed by atoms with van der Waals surface area (Å²) in [7, 11) is 1.84. The first-order valence-corrected chi connectivity index (χ1v) is 8.62. The Labute approximate surface area is 149 Å². The summed E-state index contributed by atoms with van der Waals surface area (Å²) in [5, 5.41) is 5.79. The Balaban J connectivity index is 1.96. The first-order chi connectivity index (χ1) is 12.1. The molecule has 0 aliphatic carbocycles. The first kappa shape index (κ1) is 18.7. The standard InChI is InChI=1S/C20H25N3O2/c1-3-13-21-19(24)14-23(2)15-20(25)22-18-12-8-7-11-17(18)16-9-5-4-6-10-16/h4-12H,3,13-15H2,1-2H3,(H,21,24)(H,22,25)/p+1. The van der Waals surface area contributed by atoms with Crippen molar-refractivity contribution in [2.24, 2.45) is 0 Å². The molecule has 0 heterocycles. The number of para-hydroxylation sites is 1. The number of amides is 2. The Morgan fingerprint density at radius 3 is 2.28 bits per heavy atom. The van der Waals surface area contributed by atoms with E-state index in [0.29, 0.717) is 6.54 Å². The third-order valence-corrected chi connectivity index (χ3v) is 3.78. The smallest absolute Gasteiger partial charge is 0.279 e. The monoisotopic (exact) mass is 340 g/mol. The molecule has 0 spiro atoms. The maximum absolute atomic E-state index is 12.3. The number of benzene rings is 2. The second-order valence-corrected chi connectivity index (χ2v) is 6.12. The Hall–Kier alpha value is -2.66. The molecule has 0 fully saturated rings. The van der Waals surface area contributed by atoms with Gasteiger partial charge >= 0.3 is 0 Å². The van der Waals surface area contributed by atoms with Crippen LogP contribution in [0.1, 0.15) is 13.3 Å². The molecule has 1 atom stereocenters. The average molecular weight is 340 g/mol. The average Bonchev–Trinajstić information content (AvgIpc) is 2.61. The van der Waals surface area contributed by atoms with Gasteiger partial charge in [-0.15, -0.1) is 0 Å². The van der Waals surface area contributed by atoms with Crippen molar-refractivity contribution in [3.63, 3.8) is 0 Å². The van der Waals surface area contributed by atoms with Gasteiger partial charge in [0.1, 0.15) is 0 Å². The van der Waals surface area contributed by atoms with Crippen molar-refractivity contribution in [3.05, 3.63) is 54.6 Å². The van der Waals surface area contributed by atoms with Crippen molar-refractivity contribution in [2.75, 3.05) is 32.0 Å². The Morgan fingerprint density at radius 1 is 0.920 bits per heavy atom. The van der Waals surface area contributed by atoms with Gasteiger partial charge in [-0.1, -0.05) is 55.5 Å². The SMILES string of the molecule is CCCNC(=O)C[NH+](C)CC(=O)Nc1ccccc1-c1ccccc1. The van der Waals surface area contributed by atoms with Crippen molar-refractivity contribution in [1.82, 2.24) is 5.32 Å². The molecule has 25 heavy (non-hydrogen) atoms. The van der Waals surface area contributed by atoms with Crippen molar-refractivity contribution in [2.45, 2.75) is 13.3 Å². The van der Waals surface area contributed by atoms with Gasteiger partial charge in [0.15, 0.2) is 13.1 Å². The van der Waals surface area contributed by atoms with Gasteiger partial charge < -0.3 is 15.5 Å². The molecule has 0 radical (unpaired) electrons. The van der Waals surface area contributed by atoms with Crippen LogP contribution in [0.2, 0.25) is 0 Å². The number of anilines is 1. The van der Waals surface area contributed by atoms with Gasteiger partial charge in [-0.25, -0.2) is 0 Å². The molecule has 0 bridgehead atoms. The zero-order valence-electron chi connectivity index (χ0n) is 14.8. The summed E-state index contributed by atoms with van der Waals surface area (Å²) in [6.45, 7) is 3.20. The van der Waals surface area contributed by atoms with Gasteiger partial charge in [0, 0.05) is 17.8 Å². The van der Waals surface area contributed by atoms with Gasteiger partial charge in [-0.05, 0) is 18.1 Å². The van der Waals surface area contributed by atoms with E-state index in [4.69, 9.17) is 0 Å². The molecule has 2 rings (SSSR count). The van der Waals surface area contributed by atoms with Crippen molar-refractivity contribution in [3.8, 4) is 11.1 Å². The summed E-state index contributed by atoms with van der Waals surface area (Å²) < 4.78 is 0. The first-order valence-electron chi connectivity index (χ1n) is 8.62. The zero-order valence-corrected chi connectivity index (χ0v) is 14.8. The van der Waals surface area contributed by atoms with E-state index in [1.807, 2.05) is 68.6 Å². The largest absolute Gasteiger partial charge is 0.351 e. The van der Waals surface area contributed by atoms with Crippen LogP contribution in [0.15, 0.2) is 54.6 Å². The van der Waals surface area contributed by atoms with E-state index in [9.17, 15) is 9.59 Å². The highest BCUT2D eigenvalue weighted by molar-refractivity contribution is 5.96. The zero-order chi connectivity index (χ0) is 18.1. The summed E-state index contributed by atoms with van der Waals surface area (Å²) in [6, 6.07) is 17.7. The fourth-order valence-corrected chi connectivity index (χ4v) is 2.59. The number of rotatable bonds is 8. The highest BCUT2D eigenvalue weighted by Crippen LogP contribution is 2.27. The molecule has 2 aromatic rings. The van der Waals surface area contributed by atoms with Crippen LogP contribution >= 0.6 is 0 Å². The Kier molecular flexibility index (Phi) is 7.16.